The number of carbonyl (C=O) groups is 1. The Bertz CT molecular complexity index is 772. The normalized spacial score (nSPS) is 24.6. The van der Waals surface area contributed by atoms with Crippen molar-refractivity contribution in [3.63, 3.8) is 0 Å². The minimum atomic E-state index is -0.225. The molecule has 3 aliphatic heterocycles. The molecule has 4 rings (SSSR count). The number of ether oxygens (including phenoxy) is 2. The van der Waals surface area contributed by atoms with Crippen LogP contribution in [0.1, 0.15) is 19.3 Å². The van der Waals surface area contributed by atoms with Crippen molar-refractivity contribution in [2.75, 3.05) is 71.5 Å². The lowest BCUT2D eigenvalue weighted by molar-refractivity contribution is -0.142. The largest absolute Gasteiger partial charge is 0.495 e. The molecule has 1 amide bonds. The molecule has 170 valence electrons. The van der Waals surface area contributed by atoms with Gasteiger partial charge in [-0.2, -0.15) is 0 Å². The number of hydrogen-bond donors (Lipinski definition) is 1. The lowest BCUT2D eigenvalue weighted by Gasteiger charge is -2.37. The molecule has 1 N–H and O–H groups in total. The van der Waals surface area contributed by atoms with E-state index < -0.39 is 0 Å². The molecular formula is C23H35N5O3. The van der Waals surface area contributed by atoms with Crippen molar-refractivity contribution in [2.45, 2.75) is 25.4 Å². The Hall–Kier alpha value is -2.48. The summed E-state index contributed by atoms with van der Waals surface area (Å²) in [5.74, 6) is 2.58. The Morgan fingerprint density at radius 3 is 2.65 bits per heavy atom. The molecule has 0 aliphatic carbocycles. The van der Waals surface area contributed by atoms with Crippen LogP contribution in [0.4, 0.5) is 5.69 Å². The van der Waals surface area contributed by atoms with Crippen LogP contribution in [0.3, 0.4) is 0 Å². The summed E-state index contributed by atoms with van der Waals surface area (Å²) in [4.78, 5) is 23.7. The predicted octanol–water partition coefficient (Wildman–Crippen LogP) is 1.42. The summed E-state index contributed by atoms with van der Waals surface area (Å²) in [6.07, 6.45) is 2.77. The Morgan fingerprint density at radius 1 is 1.16 bits per heavy atom. The topological polar surface area (TPSA) is 69.6 Å². The number of aliphatic imine (C=N–C) groups is 1. The van der Waals surface area contributed by atoms with E-state index in [1.807, 2.05) is 24.1 Å². The second-order valence-electron chi connectivity index (χ2n) is 8.51. The monoisotopic (exact) mass is 429 g/mol. The van der Waals surface area contributed by atoms with Crippen molar-refractivity contribution < 1.29 is 14.3 Å². The van der Waals surface area contributed by atoms with Gasteiger partial charge in [0.25, 0.3) is 5.91 Å². The summed E-state index contributed by atoms with van der Waals surface area (Å²) in [7, 11) is 3.56. The maximum Gasteiger partial charge on any atom is 0.251 e. The number of nitrogens with one attached hydrogen (secondary N) is 1. The Morgan fingerprint density at radius 2 is 1.94 bits per heavy atom. The van der Waals surface area contributed by atoms with E-state index in [9.17, 15) is 4.79 Å². The van der Waals surface area contributed by atoms with Gasteiger partial charge in [0.2, 0.25) is 0 Å². The summed E-state index contributed by atoms with van der Waals surface area (Å²) in [5.41, 5.74) is 1.17. The van der Waals surface area contributed by atoms with Gasteiger partial charge in [0.1, 0.15) is 11.9 Å². The van der Waals surface area contributed by atoms with Crippen LogP contribution in [0.15, 0.2) is 29.3 Å². The summed E-state index contributed by atoms with van der Waals surface area (Å²) in [6.45, 7) is 6.71. The van der Waals surface area contributed by atoms with Crippen LogP contribution in [0.25, 0.3) is 0 Å². The number of anilines is 1. The van der Waals surface area contributed by atoms with Gasteiger partial charge in [-0.1, -0.05) is 12.1 Å². The fourth-order valence-corrected chi connectivity index (χ4v) is 4.79. The number of guanidine groups is 1. The number of methoxy groups -OCH3 is 1. The number of benzene rings is 1. The van der Waals surface area contributed by atoms with Crippen molar-refractivity contribution >= 4 is 17.6 Å². The fraction of sp³-hybridized carbons (Fsp3) is 0.652. The third-order valence-corrected chi connectivity index (χ3v) is 6.57. The number of carbonyl (C=O) groups excluding carboxylic acids is 1. The molecule has 3 heterocycles. The quantitative estimate of drug-likeness (QED) is 0.564. The first-order chi connectivity index (χ1) is 15.2. The molecule has 1 aromatic carbocycles. The minimum absolute atomic E-state index is 0.155. The smallest absolute Gasteiger partial charge is 0.251 e. The highest BCUT2D eigenvalue weighted by atomic mass is 16.5. The van der Waals surface area contributed by atoms with Crippen LogP contribution in [0, 0.1) is 5.92 Å². The first-order valence-corrected chi connectivity index (χ1v) is 11.4. The average Bonchev–Trinajstić information content (AvgIpc) is 3.52. The van der Waals surface area contributed by atoms with Gasteiger partial charge in [0, 0.05) is 59.5 Å². The zero-order valence-corrected chi connectivity index (χ0v) is 18.8. The second kappa shape index (κ2) is 10.2. The number of hydrogen-bond acceptors (Lipinski definition) is 5. The van der Waals surface area contributed by atoms with Crippen LogP contribution in [0.5, 0.6) is 5.75 Å². The molecule has 1 aromatic rings. The molecular weight excluding hydrogens is 394 g/mol. The molecule has 31 heavy (non-hydrogen) atoms. The van der Waals surface area contributed by atoms with Crippen molar-refractivity contribution in [3.05, 3.63) is 24.3 Å². The van der Waals surface area contributed by atoms with E-state index in [1.54, 1.807) is 7.11 Å². The highest BCUT2D eigenvalue weighted by Gasteiger charge is 2.31. The van der Waals surface area contributed by atoms with Crippen molar-refractivity contribution in [1.29, 1.82) is 0 Å². The number of rotatable bonds is 5. The van der Waals surface area contributed by atoms with Gasteiger partial charge in [0.15, 0.2) is 5.96 Å². The van der Waals surface area contributed by atoms with E-state index in [2.05, 4.69) is 32.2 Å². The second-order valence-corrected chi connectivity index (χ2v) is 8.51. The van der Waals surface area contributed by atoms with Crippen LogP contribution < -0.4 is 15.0 Å². The predicted molar refractivity (Wildman–Crippen MR) is 122 cm³/mol. The molecule has 8 heteroatoms. The van der Waals surface area contributed by atoms with Crippen LogP contribution in [0.2, 0.25) is 0 Å². The molecule has 0 spiro atoms. The van der Waals surface area contributed by atoms with E-state index in [-0.39, 0.29) is 12.0 Å². The third-order valence-electron chi connectivity index (χ3n) is 6.57. The molecule has 0 radical (unpaired) electrons. The van der Waals surface area contributed by atoms with Gasteiger partial charge in [-0.25, -0.2) is 0 Å². The molecule has 8 nitrogen and oxygen atoms in total. The lowest BCUT2D eigenvalue weighted by Crippen LogP contribution is -2.55. The van der Waals surface area contributed by atoms with E-state index in [1.165, 1.54) is 5.69 Å². The van der Waals surface area contributed by atoms with E-state index in [0.717, 1.165) is 76.8 Å². The Balaban J connectivity index is 1.24. The number of para-hydroxylation sites is 2. The SMILES string of the molecule is CN=C(NCC1CCN(c2ccccc2OC)C1)N1CCN(C(=O)C2CCCO2)CC1. The highest BCUT2D eigenvalue weighted by molar-refractivity contribution is 5.82. The highest BCUT2D eigenvalue weighted by Crippen LogP contribution is 2.31. The van der Waals surface area contributed by atoms with Gasteiger partial charge >= 0.3 is 0 Å². The van der Waals surface area contributed by atoms with E-state index in [4.69, 9.17) is 9.47 Å². The Labute approximate surface area is 185 Å². The molecule has 3 fully saturated rings. The summed E-state index contributed by atoms with van der Waals surface area (Å²) in [5, 5.41) is 3.57. The van der Waals surface area contributed by atoms with Gasteiger partial charge in [0.05, 0.1) is 12.8 Å². The zero-order chi connectivity index (χ0) is 21.6. The molecule has 3 saturated heterocycles. The van der Waals surface area contributed by atoms with E-state index in [0.29, 0.717) is 12.5 Å². The maximum atomic E-state index is 12.6. The van der Waals surface area contributed by atoms with Gasteiger partial charge in [-0.15, -0.1) is 0 Å². The van der Waals surface area contributed by atoms with Crippen molar-refractivity contribution in [1.82, 2.24) is 15.1 Å². The minimum Gasteiger partial charge on any atom is -0.495 e. The number of nitrogens with zero attached hydrogens (tertiary/aromatic N) is 4. The summed E-state index contributed by atoms with van der Waals surface area (Å²) < 4.78 is 11.1. The van der Waals surface area contributed by atoms with E-state index >= 15 is 0 Å². The maximum absolute atomic E-state index is 12.6. The zero-order valence-electron chi connectivity index (χ0n) is 18.8. The fourth-order valence-electron chi connectivity index (χ4n) is 4.79. The van der Waals surface area contributed by atoms with Crippen LogP contribution in [-0.4, -0.2) is 94.3 Å². The third kappa shape index (κ3) is 5.06. The molecule has 0 saturated carbocycles. The molecule has 2 atom stereocenters. The molecule has 3 aliphatic rings. The Kier molecular flexibility index (Phi) is 7.17. The lowest BCUT2D eigenvalue weighted by atomic mass is 10.1. The van der Waals surface area contributed by atoms with Crippen LogP contribution >= 0.6 is 0 Å². The molecule has 0 aromatic heterocycles. The first kappa shape index (κ1) is 21.7. The molecule has 2 unspecified atom stereocenters. The van der Waals surface area contributed by atoms with Crippen molar-refractivity contribution in [2.24, 2.45) is 10.9 Å². The van der Waals surface area contributed by atoms with Gasteiger partial charge in [-0.05, 0) is 37.3 Å². The summed E-state index contributed by atoms with van der Waals surface area (Å²) in [6, 6.07) is 8.22. The summed E-state index contributed by atoms with van der Waals surface area (Å²) >= 11 is 0. The van der Waals surface area contributed by atoms with Gasteiger partial charge < -0.3 is 29.5 Å². The molecule has 0 bridgehead atoms. The van der Waals surface area contributed by atoms with Crippen LogP contribution in [-0.2, 0) is 9.53 Å². The first-order valence-electron chi connectivity index (χ1n) is 11.4. The van der Waals surface area contributed by atoms with Gasteiger partial charge in [-0.3, -0.25) is 9.79 Å². The van der Waals surface area contributed by atoms with Crippen molar-refractivity contribution in [3.8, 4) is 5.75 Å². The number of piperazine rings is 1. The standard InChI is InChI=1S/C23H35N5O3/c1-24-23(27-13-11-26(12-14-27)22(29)21-8-5-15-31-21)25-16-18-9-10-28(17-18)19-6-3-4-7-20(19)30-2/h3-4,6-7,18,21H,5,8-17H2,1-2H3,(H,24,25). The number of amides is 1. The average molecular weight is 430 g/mol.